The van der Waals surface area contributed by atoms with Gasteiger partial charge >= 0.3 is 5.69 Å². The van der Waals surface area contributed by atoms with E-state index < -0.39 is 5.69 Å². The predicted octanol–water partition coefficient (Wildman–Crippen LogP) is -1.33. The van der Waals surface area contributed by atoms with Gasteiger partial charge in [0, 0.05) is 19.4 Å². The van der Waals surface area contributed by atoms with Crippen molar-refractivity contribution in [3.05, 3.63) is 33.1 Å². The van der Waals surface area contributed by atoms with Gasteiger partial charge in [0.05, 0.1) is 0 Å². The zero-order chi connectivity index (χ0) is 7.98. The maximum absolute atomic E-state index is 10.2. The van der Waals surface area contributed by atoms with E-state index in [2.05, 4.69) is 4.98 Å². The zero-order valence-electron chi connectivity index (χ0n) is 5.42. The van der Waals surface area contributed by atoms with E-state index in [1.807, 2.05) is 4.98 Å². The van der Waals surface area contributed by atoms with Gasteiger partial charge in [0.15, 0.2) is 0 Å². The van der Waals surface area contributed by atoms with E-state index in [1.54, 1.807) is 0 Å². The number of aliphatic hydroxyl groups excluding tert-OH is 1. The molecular formula is C5H8N2O3. The fourth-order valence-electron chi connectivity index (χ4n) is 0.383. The second kappa shape index (κ2) is 4.51. The fourth-order valence-corrected chi connectivity index (χ4v) is 0.383. The Morgan fingerprint density at radius 2 is 2.00 bits per heavy atom. The molecular weight excluding hydrogens is 136 g/mol. The van der Waals surface area contributed by atoms with Crippen LogP contribution in [0.1, 0.15) is 0 Å². The molecule has 1 rings (SSSR count). The molecule has 0 amide bonds. The van der Waals surface area contributed by atoms with Crippen molar-refractivity contribution in [1.82, 2.24) is 9.97 Å². The first-order valence-corrected chi connectivity index (χ1v) is 2.52. The van der Waals surface area contributed by atoms with Gasteiger partial charge in [0.2, 0.25) is 0 Å². The largest absolute Gasteiger partial charge is 0.400 e. The number of H-pyrrole nitrogens is 2. The van der Waals surface area contributed by atoms with Crippen LogP contribution in [-0.4, -0.2) is 22.2 Å². The minimum absolute atomic E-state index is 0.381. The first-order valence-electron chi connectivity index (χ1n) is 2.52. The van der Waals surface area contributed by atoms with Gasteiger partial charge in [0.25, 0.3) is 5.56 Å². The summed E-state index contributed by atoms with van der Waals surface area (Å²) < 4.78 is 0. The molecule has 0 spiro atoms. The summed E-state index contributed by atoms with van der Waals surface area (Å²) in [5.41, 5.74) is -0.855. The number of aromatic amines is 2. The van der Waals surface area contributed by atoms with Gasteiger partial charge in [-0.25, -0.2) is 4.79 Å². The molecule has 0 unspecified atom stereocenters. The number of aliphatic hydroxyl groups is 1. The summed E-state index contributed by atoms with van der Waals surface area (Å²) in [6, 6.07) is 1.24. The van der Waals surface area contributed by atoms with Crippen molar-refractivity contribution < 1.29 is 5.11 Å². The fraction of sp³-hybridized carbons (Fsp3) is 0.200. The molecule has 1 aromatic rings. The molecule has 5 heteroatoms. The monoisotopic (exact) mass is 144 g/mol. The van der Waals surface area contributed by atoms with E-state index in [0.717, 1.165) is 7.11 Å². The molecule has 0 radical (unpaired) electrons. The molecule has 1 aromatic heterocycles. The van der Waals surface area contributed by atoms with Crippen molar-refractivity contribution in [3.8, 4) is 0 Å². The Labute approximate surface area is 56.4 Å². The standard InChI is InChI=1S/C4H4N2O2.CH4O/c7-3-1-2-5-4(8)6-3;1-2/h1-2H,(H2,5,6,7,8);2H,1H3. The number of rotatable bonds is 0. The van der Waals surface area contributed by atoms with E-state index in [1.165, 1.54) is 12.3 Å². The van der Waals surface area contributed by atoms with Crippen LogP contribution in [0.4, 0.5) is 0 Å². The Balaban J connectivity index is 0.000000371. The summed E-state index contributed by atoms with van der Waals surface area (Å²) in [6.07, 6.45) is 1.29. The summed E-state index contributed by atoms with van der Waals surface area (Å²) in [7, 11) is 1.00. The topological polar surface area (TPSA) is 85.9 Å². The second-order valence-electron chi connectivity index (χ2n) is 1.30. The summed E-state index contributed by atoms with van der Waals surface area (Å²) in [5.74, 6) is 0. The van der Waals surface area contributed by atoms with Crippen LogP contribution < -0.4 is 11.2 Å². The number of aromatic nitrogens is 2. The molecule has 0 aliphatic rings. The Morgan fingerprint density at radius 3 is 2.30 bits per heavy atom. The Morgan fingerprint density at radius 1 is 1.40 bits per heavy atom. The van der Waals surface area contributed by atoms with E-state index >= 15 is 0 Å². The van der Waals surface area contributed by atoms with Gasteiger partial charge in [-0.15, -0.1) is 0 Å². The smallest absolute Gasteiger partial charge is 0.325 e. The second-order valence-corrected chi connectivity index (χ2v) is 1.30. The van der Waals surface area contributed by atoms with Crippen LogP contribution >= 0.6 is 0 Å². The number of hydrogen-bond acceptors (Lipinski definition) is 3. The normalized spacial score (nSPS) is 7.80. The van der Waals surface area contributed by atoms with Gasteiger partial charge < -0.3 is 10.1 Å². The quantitative estimate of drug-likeness (QED) is 0.421. The molecule has 56 valence electrons. The molecule has 0 saturated carbocycles. The highest BCUT2D eigenvalue weighted by molar-refractivity contribution is 4.77. The van der Waals surface area contributed by atoms with E-state index in [0.29, 0.717) is 0 Å². The minimum atomic E-state index is -0.475. The molecule has 0 bridgehead atoms. The van der Waals surface area contributed by atoms with Crippen molar-refractivity contribution in [2.24, 2.45) is 0 Å². The Kier molecular flexibility index (Phi) is 3.90. The lowest BCUT2D eigenvalue weighted by atomic mass is 10.7. The Hall–Kier alpha value is -1.36. The molecule has 0 aliphatic heterocycles. The summed E-state index contributed by atoms with van der Waals surface area (Å²) >= 11 is 0. The predicted molar refractivity (Wildman–Crippen MR) is 35.8 cm³/mol. The lowest BCUT2D eigenvalue weighted by Gasteiger charge is -1.75. The van der Waals surface area contributed by atoms with Crippen molar-refractivity contribution in [2.75, 3.05) is 7.11 Å². The van der Waals surface area contributed by atoms with E-state index in [9.17, 15) is 9.59 Å². The summed E-state index contributed by atoms with van der Waals surface area (Å²) in [4.78, 5) is 24.7. The maximum atomic E-state index is 10.2. The van der Waals surface area contributed by atoms with Crippen molar-refractivity contribution in [2.45, 2.75) is 0 Å². The van der Waals surface area contributed by atoms with Crippen LogP contribution in [0.3, 0.4) is 0 Å². The average molecular weight is 144 g/mol. The molecule has 3 N–H and O–H groups in total. The van der Waals surface area contributed by atoms with E-state index in [-0.39, 0.29) is 5.56 Å². The summed E-state index contributed by atoms with van der Waals surface area (Å²) in [6.45, 7) is 0. The molecule has 0 fully saturated rings. The zero-order valence-corrected chi connectivity index (χ0v) is 5.42. The molecule has 0 aromatic carbocycles. The molecule has 0 saturated heterocycles. The number of nitrogens with one attached hydrogen (secondary N) is 2. The lowest BCUT2D eigenvalue weighted by Crippen LogP contribution is -2.19. The van der Waals surface area contributed by atoms with E-state index in [4.69, 9.17) is 5.11 Å². The highest BCUT2D eigenvalue weighted by Gasteiger charge is 1.77. The molecule has 10 heavy (non-hydrogen) atoms. The Bertz CT molecular complexity index is 249. The molecule has 5 nitrogen and oxygen atoms in total. The van der Waals surface area contributed by atoms with Crippen LogP contribution in [0.15, 0.2) is 21.9 Å². The molecule has 0 aliphatic carbocycles. The van der Waals surface area contributed by atoms with Crippen LogP contribution in [-0.2, 0) is 0 Å². The minimum Gasteiger partial charge on any atom is -0.400 e. The maximum Gasteiger partial charge on any atom is 0.325 e. The summed E-state index contributed by atoms with van der Waals surface area (Å²) in [5, 5.41) is 7.00. The molecule has 1 heterocycles. The van der Waals surface area contributed by atoms with Crippen molar-refractivity contribution in [1.29, 1.82) is 0 Å². The van der Waals surface area contributed by atoms with Gasteiger partial charge in [-0.05, 0) is 0 Å². The third-order valence-corrected chi connectivity index (χ3v) is 0.686. The number of hydrogen-bond donors (Lipinski definition) is 3. The van der Waals surface area contributed by atoms with Crippen LogP contribution in [0.5, 0.6) is 0 Å². The first kappa shape index (κ1) is 8.64. The highest BCUT2D eigenvalue weighted by Crippen LogP contribution is 1.51. The average Bonchev–Trinajstić information content (AvgIpc) is 1.91. The van der Waals surface area contributed by atoms with Crippen molar-refractivity contribution >= 4 is 0 Å². The van der Waals surface area contributed by atoms with Gasteiger partial charge in [0.1, 0.15) is 0 Å². The third kappa shape index (κ3) is 2.83. The highest BCUT2D eigenvalue weighted by atomic mass is 16.2. The van der Waals surface area contributed by atoms with Gasteiger partial charge in [-0.3, -0.25) is 9.78 Å². The first-order chi connectivity index (χ1) is 4.79. The van der Waals surface area contributed by atoms with Gasteiger partial charge in [-0.1, -0.05) is 0 Å². The SMILES string of the molecule is CO.O=c1cc[nH]c(=O)[nH]1. The van der Waals surface area contributed by atoms with Gasteiger partial charge in [-0.2, -0.15) is 0 Å². The van der Waals surface area contributed by atoms with Crippen LogP contribution in [0.25, 0.3) is 0 Å². The third-order valence-electron chi connectivity index (χ3n) is 0.686. The molecule has 0 atom stereocenters. The van der Waals surface area contributed by atoms with Crippen LogP contribution in [0, 0.1) is 0 Å². The lowest BCUT2D eigenvalue weighted by molar-refractivity contribution is 0.399. The van der Waals surface area contributed by atoms with Crippen LogP contribution in [0.2, 0.25) is 0 Å². The van der Waals surface area contributed by atoms with Crippen molar-refractivity contribution in [3.63, 3.8) is 0 Å².